The molecule has 2 rings (SSSR count). The van der Waals surface area contributed by atoms with E-state index in [0.717, 1.165) is 12.5 Å². The molecule has 0 aromatic heterocycles. The molecule has 0 saturated carbocycles. The van der Waals surface area contributed by atoms with E-state index in [0.29, 0.717) is 25.2 Å². The minimum Gasteiger partial charge on any atom is -0.357 e. The van der Waals surface area contributed by atoms with Gasteiger partial charge in [0, 0.05) is 25.2 Å². The molecule has 0 aliphatic carbocycles. The van der Waals surface area contributed by atoms with Crippen LogP contribution in [0.5, 0.6) is 0 Å². The third kappa shape index (κ3) is 6.67. The summed E-state index contributed by atoms with van der Waals surface area (Å²) in [6.07, 6.45) is 0. The summed E-state index contributed by atoms with van der Waals surface area (Å²) in [6, 6.07) is 17.6. The van der Waals surface area contributed by atoms with E-state index in [9.17, 15) is 4.79 Å². The third-order valence-electron chi connectivity index (χ3n) is 3.62. The quantitative estimate of drug-likeness (QED) is 0.413. The number of nitrogens with one attached hydrogen (secondary N) is 3. The lowest BCUT2D eigenvalue weighted by Crippen LogP contribution is -2.41. The highest BCUT2D eigenvalue weighted by Gasteiger charge is 2.03. The van der Waals surface area contributed by atoms with Crippen molar-refractivity contribution < 1.29 is 4.79 Å². The molecule has 2 aromatic carbocycles. The van der Waals surface area contributed by atoms with Crippen LogP contribution in [0.3, 0.4) is 0 Å². The average Bonchev–Trinajstić information content (AvgIpc) is 2.65. The summed E-state index contributed by atoms with van der Waals surface area (Å²) < 4.78 is 0. The van der Waals surface area contributed by atoms with Crippen molar-refractivity contribution in [3.63, 3.8) is 0 Å². The monoisotopic (exact) mass is 338 g/mol. The van der Waals surface area contributed by atoms with Crippen LogP contribution in [-0.2, 0) is 6.54 Å². The number of hydrogen-bond donors (Lipinski definition) is 3. The molecule has 0 heterocycles. The molecular formula is C20H26N4O. The van der Waals surface area contributed by atoms with Crippen molar-refractivity contribution in [2.45, 2.75) is 20.4 Å². The molecule has 0 bridgehead atoms. The summed E-state index contributed by atoms with van der Waals surface area (Å²) in [4.78, 5) is 16.5. The predicted molar refractivity (Wildman–Crippen MR) is 103 cm³/mol. The maximum atomic E-state index is 12.0. The van der Waals surface area contributed by atoms with Gasteiger partial charge >= 0.3 is 0 Å². The van der Waals surface area contributed by atoms with Crippen molar-refractivity contribution in [1.29, 1.82) is 0 Å². The molecule has 1 amide bonds. The molecule has 5 heteroatoms. The topological polar surface area (TPSA) is 65.5 Å². The third-order valence-corrected chi connectivity index (χ3v) is 3.62. The number of amides is 1. The fourth-order valence-corrected chi connectivity index (χ4v) is 2.25. The van der Waals surface area contributed by atoms with E-state index in [-0.39, 0.29) is 5.91 Å². The number of benzene rings is 2. The summed E-state index contributed by atoms with van der Waals surface area (Å²) in [6.45, 7) is 6.64. The molecule has 2 aromatic rings. The van der Waals surface area contributed by atoms with Gasteiger partial charge in [-0.2, -0.15) is 0 Å². The maximum Gasteiger partial charge on any atom is 0.251 e. The fraction of sp³-hybridized carbons (Fsp3) is 0.300. The normalized spacial score (nSPS) is 11.0. The first-order chi connectivity index (χ1) is 12.2. The van der Waals surface area contributed by atoms with E-state index in [1.54, 1.807) is 12.1 Å². The van der Waals surface area contributed by atoms with Crippen LogP contribution >= 0.6 is 0 Å². The van der Waals surface area contributed by atoms with Gasteiger partial charge < -0.3 is 16.0 Å². The number of carbonyl (C=O) groups excluding carboxylic acids is 1. The lowest BCUT2D eigenvalue weighted by molar-refractivity contribution is 0.0954. The zero-order valence-corrected chi connectivity index (χ0v) is 14.9. The van der Waals surface area contributed by atoms with E-state index in [2.05, 4.69) is 52.1 Å². The second-order valence-corrected chi connectivity index (χ2v) is 5.73. The molecule has 0 saturated heterocycles. The molecule has 0 aliphatic heterocycles. The Morgan fingerprint density at radius 1 is 0.920 bits per heavy atom. The van der Waals surface area contributed by atoms with E-state index in [1.807, 2.05) is 25.1 Å². The van der Waals surface area contributed by atoms with Crippen molar-refractivity contribution in [3.8, 4) is 0 Å². The minimum atomic E-state index is -0.0657. The molecule has 0 radical (unpaired) electrons. The molecule has 132 valence electrons. The van der Waals surface area contributed by atoms with Gasteiger partial charge in [-0.05, 0) is 31.5 Å². The van der Waals surface area contributed by atoms with Crippen LogP contribution in [0.1, 0.15) is 28.4 Å². The highest BCUT2D eigenvalue weighted by atomic mass is 16.1. The zero-order valence-electron chi connectivity index (χ0n) is 14.9. The standard InChI is InChI=1S/C20H26N4O/c1-3-21-20(24-15-17-11-9-16(2)10-12-17)23-14-13-22-19(25)18-7-5-4-6-8-18/h4-12H,3,13-15H2,1-2H3,(H,22,25)(H2,21,23,24). The number of rotatable bonds is 7. The first-order valence-electron chi connectivity index (χ1n) is 8.60. The van der Waals surface area contributed by atoms with Crippen LogP contribution in [0.25, 0.3) is 0 Å². The van der Waals surface area contributed by atoms with Crippen LogP contribution in [0.15, 0.2) is 59.6 Å². The van der Waals surface area contributed by atoms with Crippen molar-refractivity contribution in [1.82, 2.24) is 16.0 Å². The van der Waals surface area contributed by atoms with E-state index in [4.69, 9.17) is 0 Å². The van der Waals surface area contributed by atoms with Gasteiger partial charge in [0.1, 0.15) is 0 Å². The fourth-order valence-electron chi connectivity index (χ4n) is 2.25. The molecule has 0 atom stereocenters. The zero-order chi connectivity index (χ0) is 17.9. The molecule has 0 aliphatic rings. The Labute approximate surface area is 149 Å². The van der Waals surface area contributed by atoms with Gasteiger partial charge in [-0.3, -0.25) is 4.79 Å². The van der Waals surface area contributed by atoms with Crippen molar-refractivity contribution >= 4 is 11.9 Å². The summed E-state index contributed by atoms with van der Waals surface area (Å²) >= 11 is 0. The Balaban J connectivity index is 1.78. The maximum absolute atomic E-state index is 12.0. The molecule has 0 unspecified atom stereocenters. The lowest BCUT2D eigenvalue weighted by atomic mass is 10.1. The lowest BCUT2D eigenvalue weighted by Gasteiger charge is -2.12. The first kappa shape index (κ1) is 18.5. The molecule has 0 spiro atoms. The Bertz CT molecular complexity index is 681. The average molecular weight is 338 g/mol. The van der Waals surface area contributed by atoms with Crippen molar-refractivity contribution in [2.75, 3.05) is 19.6 Å². The van der Waals surface area contributed by atoms with Crippen molar-refractivity contribution in [3.05, 3.63) is 71.3 Å². The second kappa shape index (κ2) is 10.1. The number of carbonyl (C=O) groups is 1. The molecule has 5 nitrogen and oxygen atoms in total. The van der Waals surface area contributed by atoms with E-state index in [1.165, 1.54) is 11.1 Å². The number of nitrogens with zero attached hydrogens (tertiary/aromatic N) is 1. The molecular weight excluding hydrogens is 312 g/mol. The van der Waals surface area contributed by atoms with Crippen LogP contribution in [0.2, 0.25) is 0 Å². The molecule has 25 heavy (non-hydrogen) atoms. The number of aliphatic imine (C=N–C) groups is 1. The first-order valence-corrected chi connectivity index (χ1v) is 8.60. The van der Waals surface area contributed by atoms with Gasteiger partial charge in [0.15, 0.2) is 5.96 Å². The summed E-state index contributed by atoms with van der Waals surface area (Å²) in [5.41, 5.74) is 3.08. The molecule has 3 N–H and O–H groups in total. The summed E-state index contributed by atoms with van der Waals surface area (Å²) in [5, 5.41) is 9.34. The van der Waals surface area contributed by atoms with Gasteiger partial charge in [0.2, 0.25) is 0 Å². The van der Waals surface area contributed by atoms with Gasteiger partial charge in [-0.1, -0.05) is 48.0 Å². The highest BCUT2D eigenvalue weighted by molar-refractivity contribution is 5.94. The van der Waals surface area contributed by atoms with Gasteiger partial charge in [0.05, 0.1) is 6.54 Å². The minimum absolute atomic E-state index is 0.0657. The van der Waals surface area contributed by atoms with Crippen molar-refractivity contribution in [2.24, 2.45) is 4.99 Å². The number of aryl methyl sites for hydroxylation is 1. The van der Waals surface area contributed by atoms with Gasteiger partial charge in [-0.15, -0.1) is 0 Å². The Hall–Kier alpha value is -2.82. The smallest absolute Gasteiger partial charge is 0.251 e. The Morgan fingerprint density at radius 3 is 2.28 bits per heavy atom. The van der Waals surface area contributed by atoms with Crippen LogP contribution in [-0.4, -0.2) is 31.5 Å². The predicted octanol–water partition coefficient (Wildman–Crippen LogP) is 2.48. The van der Waals surface area contributed by atoms with E-state index >= 15 is 0 Å². The summed E-state index contributed by atoms with van der Waals surface area (Å²) in [7, 11) is 0. The summed E-state index contributed by atoms with van der Waals surface area (Å²) in [5.74, 6) is 0.682. The largest absolute Gasteiger partial charge is 0.357 e. The number of hydrogen-bond acceptors (Lipinski definition) is 2. The molecule has 0 fully saturated rings. The highest BCUT2D eigenvalue weighted by Crippen LogP contribution is 2.04. The Kier molecular flexibility index (Phi) is 7.50. The van der Waals surface area contributed by atoms with Crippen LogP contribution in [0.4, 0.5) is 0 Å². The van der Waals surface area contributed by atoms with Crippen LogP contribution < -0.4 is 16.0 Å². The second-order valence-electron chi connectivity index (χ2n) is 5.73. The van der Waals surface area contributed by atoms with Crippen LogP contribution in [0, 0.1) is 6.92 Å². The Morgan fingerprint density at radius 2 is 1.60 bits per heavy atom. The number of guanidine groups is 1. The SMILES string of the molecule is CCNC(=NCc1ccc(C)cc1)NCCNC(=O)c1ccccc1. The van der Waals surface area contributed by atoms with E-state index < -0.39 is 0 Å². The van der Waals surface area contributed by atoms with Gasteiger partial charge in [0.25, 0.3) is 5.91 Å². The van der Waals surface area contributed by atoms with Gasteiger partial charge in [-0.25, -0.2) is 4.99 Å².